The summed E-state index contributed by atoms with van der Waals surface area (Å²) < 4.78 is 6.93. The van der Waals surface area contributed by atoms with E-state index in [0.29, 0.717) is 18.2 Å². The van der Waals surface area contributed by atoms with E-state index in [2.05, 4.69) is 20.8 Å². The summed E-state index contributed by atoms with van der Waals surface area (Å²) in [5.74, 6) is 0.725. The predicted molar refractivity (Wildman–Crippen MR) is 94.1 cm³/mol. The van der Waals surface area contributed by atoms with Crippen molar-refractivity contribution in [2.75, 3.05) is 6.54 Å². The van der Waals surface area contributed by atoms with Gasteiger partial charge in [0, 0.05) is 6.54 Å². The molecule has 1 atom stereocenters. The lowest BCUT2D eigenvalue weighted by Gasteiger charge is -2.11. The molecule has 7 nitrogen and oxygen atoms in total. The van der Waals surface area contributed by atoms with E-state index in [1.807, 2.05) is 49.4 Å². The number of amides is 1. The standard InChI is InChI=1S/C17H19N5O2S/c1-13(16(23)18-10-9-14-6-3-2-4-7-14)25-17-19-20-21-22(17)12-15-8-5-11-24-15/h2-8,11,13H,9-10,12H2,1H3,(H,18,23). The zero-order valence-electron chi connectivity index (χ0n) is 13.8. The van der Waals surface area contributed by atoms with Gasteiger partial charge in [0.15, 0.2) is 0 Å². The minimum atomic E-state index is -0.294. The third kappa shape index (κ3) is 4.93. The maximum absolute atomic E-state index is 12.3. The molecule has 130 valence electrons. The van der Waals surface area contributed by atoms with Crippen LogP contribution in [-0.2, 0) is 17.8 Å². The van der Waals surface area contributed by atoms with Crippen LogP contribution in [0.15, 0.2) is 58.3 Å². The number of benzene rings is 1. The average molecular weight is 357 g/mol. The van der Waals surface area contributed by atoms with E-state index in [-0.39, 0.29) is 11.2 Å². The van der Waals surface area contributed by atoms with Gasteiger partial charge in [-0.1, -0.05) is 42.1 Å². The van der Waals surface area contributed by atoms with Gasteiger partial charge in [-0.25, -0.2) is 4.68 Å². The van der Waals surface area contributed by atoms with Gasteiger partial charge in [0.2, 0.25) is 11.1 Å². The number of furan rings is 1. The first-order valence-electron chi connectivity index (χ1n) is 7.99. The van der Waals surface area contributed by atoms with Gasteiger partial charge >= 0.3 is 0 Å². The van der Waals surface area contributed by atoms with Crippen LogP contribution in [0.5, 0.6) is 0 Å². The predicted octanol–water partition coefficient (Wildman–Crippen LogP) is 2.15. The Morgan fingerprint density at radius 2 is 2.12 bits per heavy atom. The molecule has 0 aliphatic rings. The molecule has 0 aliphatic carbocycles. The normalized spacial score (nSPS) is 12.0. The number of carbonyl (C=O) groups excluding carboxylic acids is 1. The highest BCUT2D eigenvalue weighted by atomic mass is 32.2. The molecule has 0 saturated heterocycles. The first kappa shape index (κ1) is 17.2. The molecule has 1 N–H and O–H groups in total. The van der Waals surface area contributed by atoms with Crippen LogP contribution >= 0.6 is 11.8 Å². The molecule has 1 unspecified atom stereocenters. The lowest BCUT2D eigenvalue weighted by molar-refractivity contribution is -0.120. The first-order valence-corrected chi connectivity index (χ1v) is 8.87. The van der Waals surface area contributed by atoms with Crippen molar-refractivity contribution in [1.82, 2.24) is 25.5 Å². The van der Waals surface area contributed by atoms with Gasteiger partial charge < -0.3 is 9.73 Å². The lowest BCUT2D eigenvalue weighted by atomic mass is 10.1. The molecule has 0 saturated carbocycles. The second-order valence-corrected chi connectivity index (χ2v) is 6.79. The summed E-state index contributed by atoms with van der Waals surface area (Å²) >= 11 is 1.33. The summed E-state index contributed by atoms with van der Waals surface area (Å²) in [5, 5.41) is 14.9. The smallest absolute Gasteiger partial charge is 0.233 e. The summed E-state index contributed by atoms with van der Waals surface area (Å²) in [5.41, 5.74) is 1.20. The van der Waals surface area contributed by atoms with Crippen molar-refractivity contribution in [1.29, 1.82) is 0 Å². The van der Waals surface area contributed by atoms with Crippen molar-refractivity contribution in [3.63, 3.8) is 0 Å². The molecule has 8 heteroatoms. The maximum Gasteiger partial charge on any atom is 0.233 e. The fourth-order valence-electron chi connectivity index (χ4n) is 2.26. The van der Waals surface area contributed by atoms with E-state index in [0.717, 1.165) is 12.2 Å². The minimum absolute atomic E-state index is 0.0338. The van der Waals surface area contributed by atoms with E-state index in [1.165, 1.54) is 17.3 Å². The van der Waals surface area contributed by atoms with Gasteiger partial charge in [-0.15, -0.1) is 5.10 Å². The Morgan fingerprint density at radius 1 is 1.28 bits per heavy atom. The number of carbonyl (C=O) groups is 1. The molecular weight excluding hydrogens is 338 g/mol. The number of aromatic nitrogens is 4. The van der Waals surface area contributed by atoms with Crippen LogP contribution < -0.4 is 5.32 Å². The number of hydrogen-bond acceptors (Lipinski definition) is 6. The topological polar surface area (TPSA) is 85.8 Å². The van der Waals surface area contributed by atoms with Crippen molar-refractivity contribution in [2.45, 2.75) is 30.3 Å². The molecule has 0 radical (unpaired) electrons. The van der Waals surface area contributed by atoms with E-state index in [9.17, 15) is 4.79 Å². The number of thioether (sulfide) groups is 1. The average Bonchev–Trinajstić information content (AvgIpc) is 3.29. The molecule has 0 bridgehead atoms. The zero-order valence-corrected chi connectivity index (χ0v) is 14.6. The maximum atomic E-state index is 12.3. The molecule has 25 heavy (non-hydrogen) atoms. The van der Waals surface area contributed by atoms with Crippen LogP contribution in [0.2, 0.25) is 0 Å². The highest BCUT2D eigenvalue weighted by Crippen LogP contribution is 2.21. The third-order valence-electron chi connectivity index (χ3n) is 3.59. The second kappa shape index (κ2) is 8.48. The molecule has 3 aromatic rings. The van der Waals surface area contributed by atoms with Crippen LogP contribution in [-0.4, -0.2) is 37.9 Å². The number of hydrogen-bond donors (Lipinski definition) is 1. The molecule has 2 aromatic heterocycles. The number of nitrogens with one attached hydrogen (secondary N) is 1. The largest absolute Gasteiger partial charge is 0.467 e. The van der Waals surface area contributed by atoms with Gasteiger partial charge in [0.1, 0.15) is 12.3 Å². The lowest BCUT2D eigenvalue weighted by Crippen LogP contribution is -2.32. The Bertz CT molecular complexity index is 788. The van der Waals surface area contributed by atoms with Crippen molar-refractivity contribution >= 4 is 17.7 Å². The Hall–Kier alpha value is -2.61. The number of nitrogens with zero attached hydrogens (tertiary/aromatic N) is 4. The van der Waals surface area contributed by atoms with Gasteiger partial charge in [-0.05, 0) is 41.5 Å². The Morgan fingerprint density at radius 3 is 2.88 bits per heavy atom. The van der Waals surface area contributed by atoms with Crippen LogP contribution in [0.3, 0.4) is 0 Å². The Labute approximate surface area is 149 Å². The molecule has 1 amide bonds. The fraction of sp³-hybridized carbons (Fsp3) is 0.294. The molecule has 0 spiro atoms. The Kier molecular flexibility index (Phi) is 5.84. The number of rotatable bonds is 8. The SMILES string of the molecule is CC(Sc1nnnn1Cc1ccco1)C(=O)NCCc1ccccc1. The van der Waals surface area contributed by atoms with Crippen molar-refractivity contribution < 1.29 is 9.21 Å². The van der Waals surface area contributed by atoms with Crippen LogP contribution in [0.1, 0.15) is 18.2 Å². The molecular formula is C17H19N5O2S. The quantitative estimate of drug-likeness (QED) is 0.622. The zero-order chi connectivity index (χ0) is 17.5. The van der Waals surface area contributed by atoms with Gasteiger partial charge in [0.05, 0.1) is 11.5 Å². The van der Waals surface area contributed by atoms with Crippen LogP contribution in [0.4, 0.5) is 0 Å². The summed E-state index contributed by atoms with van der Waals surface area (Å²) in [7, 11) is 0. The number of tetrazole rings is 1. The Balaban J connectivity index is 1.49. The van der Waals surface area contributed by atoms with Gasteiger partial charge in [-0.3, -0.25) is 4.79 Å². The minimum Gasteiger partial charge on any atom is -0.467 e. The third-order valence-corrected chi connectivity index (χ3v) is 4.66. The first-order chi connectivity index (χ1) is 12.2. The molecule has 0 aliphatic heterocycles. The van der Waals surface area contributed by atoms with Crippen LogP contribution in [0, 0.1) is 0 Å². The highest BCUT2D eigenvalue weighted by Gasteiger charge is 2.18. The molecule has 0 fully saturated rings. The summed E-state index contributed by atoms with van der Waals surface area (Å²) in [4.78, 5) is 12.3. The van der Waals surface area contributed by atoms with E-state index < -0.39 is 0 Å². The van der Waals surface area contributed by atoms with E-state index in [1.54, 1.807) is 10.9 Å². The fourth-order valence-corrected chi connectivity index (χ4v) is 3.07. The van der Waals surface area contributed by atoms with Gasteiger partial charge in [-0.2, -0.15) is 0 Å². The van der Waals surface area contributed by atoms with Crippen molar-refractivity contribution in [2.24, 2.45) is 0 Å². The second-order valence-electron chi connectivity index (χ2n) is 5.49. The van der Waals surface area contributed by atoms with E-state index >= 15 is 0 Å². The molecule has 2 heterocycles. The van der Waals surface area contributed by atoms with Crippen LogP contribution in [0.25, 0.3) is 0 Å². The van der Waals surface area contributed by atoms with Crippen molar-refractivity contribution in [3.05, 3.63) is 60.1 Å². The van der Waals surface area contributed by atoms with E-state index in [4.69, 9.17) is 4.42 Å². The summed E-state index contributed by atoms with van der Waals surface area (Å²) in [6, 6.07) is 13.7. The molecule has 3 rings (SSSR count). The van der Waals surface area contributed by atoms with Crippen molar-refractivity contribution in [3.8, 4) is 0 Å². The highest BCUT2D eigenvalue weighted by molar-refractivity contribution is 8.00. The monoisotopic (exact) mass is 357 g/mol. The summed E-state index contributed by atoms with van der Waals surface area (Å²) in [6.45, 7) is 2.88. The van der Waals surface area contributed by atoms with Gasteiger partial charge in [0.25, 0.3) is 0 Å². The summed E-state index contributed by atoms with van der Waals surface area (Å²) in [6.07, 6.45) is 2.41. The molecule has 1 aromatic carbocycles.